The zero-order chi connectivity index (χ0) is 11.4. The monoisotopic (exact) mass is 206 g/mol. The van der Waals surface area contributed by atoms with Crippen LogP contribution in [0.15, 0.2) is 22.8 Å². The van der Waals surface area contributed by atoms with Crippen LogP contribution in [0.5, 0.6) is 0 Å². The van der Waals surface area contributed by atoms with E-state index >= 15 is 0 Å². The molecule has 0 nitrogen and oxygen atoms in total. The van der Waals surface area contributed by atoms with E-state index in [-0.39, 0.29) is 0 Å². The van der Waals surface area contributed by atoms with Crippen LogP contribution in [0.2, 0.25) is 0 Å². The zero-order valence-corrected chi connectivity index (χ0v) is 11.1. The van der Waals surface area contributed by atoms with E-state index in [4.69, 9.17) is 0 Å². The van der Waals surface area contributed by atoms with Crippen molar-refractivity contribution < 1.29 is 0 Å². The van der Waals surface area contributed by atoms with Gasteiger partial charge in [-0.15, -0.1) is 0 Å². The summed E-state index contributed by atoms with van der Waals surface area (Å²) in [7, 11) is 0. The molecule has 2 atom stereocenters. The molecule has 0 aromatic heterocycles. The van der Waals surface area contributed by atoms with Gasteiger partial charge in [-0.3, -0.25) is 0 Å². The first kappa shape index (κ1) is 12.5. The van der Waals surface area contributed by atoms with Gasteiger partial charge in [0.2, 0.25) is 0 Å². The molecule has 0 spiro atoms. The highest BCUT2D eigenvalue weighted by atomic mass is 14.3. The topological polar surface area (TPSA) is 0 Å². The Hall–Kier alpha value is -0.520. The zero-order valence-electron chi connectivity index (χ0n) is 11.1. The molecule has 0 aromatic rings. The second-order valence-electron chi connectivity index (χ2n) is 5.40. The van der Waals surface area contributed by atoms with Gasteiger partial charge in [-0.05, 0) is 58.3 Å². The maximum Gasteiger partial charge on any atom is -0.00180 e. The minimum atomic E-state index is 0.742. The van der Waals surface area contributed by atoms with Crippen molar-refractivity contribution in [3.63, 3.8) is 0 Å². The fraction of sp³-hybridized carbons (Fsp3) is 0.733. The highest BCUT2D eigenvalue weighted by molar-refractivity contribution is 5.23. The van der Waals surface area contributed by atoms with E-state index < -0.39 is 0 Å². The van der Waals surface area contributed by atoms with E-state index in [2.05, 4.69) is 40.7 Å². The molecule has 15 heavy (non-hydrogen) atoms. The van der Waals surface area contributed by atoms with Crippen molar-refractivity contribution in [1.82, 2.24) is 0 Å². The lowest BCUT2D eigenvalue weighted by Crippen LogP contribution is -2.15. The van der Waals surface area contributed by atoms with Crippen LogP contribution in [-0.4, -0.2) is 0 Å². The normalized spacial score (nSPS) is 29.9. The summed E-state index contributed by atoms with van der Waals surface area (Å²) >= 11 is 0. The molecule has 0 amide bonds. The van der Waals surface area contributed by atoms with Gasteiger partial charge < -0.3 is 0 Å². The maximum atomic E-state index is 2.47. The molecule has 0 N–H and O–H groups in total. The molecule has 0 aromatic carbocycles. The van der Waals surface area contributed by atoms with Gasteiger partial charge in [0.15, 0.2) is 0 Å². The van der Waals surface area contributed by atoms with Crippen LogP contribution in [0.25, 0.3) is 0 Å². The molecular weight excluding hydrogens is 180 g/mol. The van der Waals surface area contributed by atoms with Gasteiger partial charge in [0, 0.05) is 0 Å². The molecule has 1 aliphatic carbocycles. The lowest BCUT2D eigenvalue weighted by atomic mass is 9.76. The molecule has 0 heterocycles. The van der Waals surface area contributed by atoms with E-state index in [9.17, 15) is 0 Å². The van der Waals surface area contributed by atoms with Gasteiger partial charge >= 0.3 is 0 Å². The van der Waals surface area contributed by atoms with Crippen molar-refractivity contribution in [1.29, 1.82) is 0 Å². The van der Waals surface area contributed by atoms with Crippen LogP contribution in [0.3, 0.4) is 0 Å². The quantitative estimate of drug-likeness (QED) is 0.550. The van der Waals surface area contributed by atoms with Crippen LogP contribution in [0.4, 0.5) is 0 Å². The minimum absolute atomic E-state index is 0.742. The summed E-state index contributed by atoms with van der Waals surface area (Å²) in [6, 6.07) is 0. The largest absolute Gasteiger partial charge is 0.0798 e. The Morgan fingerprint density at radius 2 is 1.93 bits per heavy atom. The van der Waals surface area contributed by atoms with Gasteiger partial charge in [-0.2, -0.15) is 0 Å². The van der Waals surface area contributed by atoms with Gasteiger partial charge in [0.05, 0.1) is 0 Å². The Morgan fingerprint density at radius 3 is 2.47 bits per heavy atom. The van der Waals surface area contributed by atoms with Gasteiger partial charge in [-0.1, -0.05) is 36.6 Å². The number of hydrogen-bond donors (Lipinski definition) is 0. The molecule has 0 heteroatoms. The Labute approximate surface area is 95.5 Å². The average molecular weight is 206 g/mol. The summed E-state index contributed by atoms with van der Waals surface area (Å²) in [5.74, 6) is 1.63. The predicted molar refractivity (Wildman–Crippen MR) is 68.9 cm³/mol. The molecule has 0 saturated heterocycles. The smallest absolute Gasteiger partial charge is 0.00180 e. The fourth-order valence-electron chi connectivity index (χ4n) is 2.57. The van der Waals surface area contributed by atoms with Gasteiger partial charge in [0.25, 0.3) is 0 Å². The number of allylic oxidation sites excluding steroid dienone is 4. The highest BCUT2D eigenvalue weighted by Gasteiger charge is 2.22. The number of hydrogen-bond acceptors (Lipinski definition) is 0. The highest BCUT2D eigenvalue weighted by Crippen LogP contribution is 2.37. The number of rotatable bonds is 2. The Kier molecular flexibility index (Phi) is 4.63. The van der Waals surface area contributed by atoms with Crippen molar-refractivity contribution >= 4 is 0 Å². The summed E-state index contributed by atoms with van der Waals surface area (Å²) in [5.41, 5.74) is 4.83. The first-order valence-corrected chi connectivity index (χ1v) is 6.38. The summed E-state index contributed by atoms with van der Waals surface area (Å²) < 4.78 is 0. The lowest BCUT2D eigenvalue weighted by molar-refractivity contribution is 0.402. The van der Waals surface area contributed by atoms with Crippen molar-refractivity contribution in [2.45, 2.75) is 60.3 Å². The molecule has 0 aliphatic heterocycles. The maximum absolute atomic E-state index is 2.47. The van der Waals surface area contributed by atoms with E-state index in [1.165, 1.54) is 31.3 Å². The van der Waals surface area contributed by atoms with Crippen molar-refractivity contribution in [2.75, 3.05) is 0 Å². The minimum Gasteiger partial charge on any atom is -0.0798 e. The molecule has 0 unspecified atom stereocenters. The lowest BCUT2D eigenvalue weighted by Gasteiger charge is -2.29. The van der Waals surface area contributed by atoms with Crippen molar-refractivity contribution in [2.24, 2.45) is 11.8 Å². The molecule has 1 fully saturated rings. The summed E-state index contributed by atoms with van der Waals surface area (Å²) in [6.45, 7) is 11.4. The second kappa shape index (κ2) is 5.53. The Bertz CT molecular complexity index is 264. The SMILES string of the molecule is CC/C(C)=C1\C[C@H](C)CC[C@H]1C=C(C)C. The standard InChI is InChI=1S/C15H26/c1-6-13(5)15-10-12(4)7-8-14(15)9-11(2)3/h9,12,14H,6-8,10H2,1-5H3/b15-13+/t12-,14+/m1/s1. The van der Waals surface area contributed by atoms with Crippen LogP contribution in [0.1, 0.15) is 60.3 Å². The van der Waals surface area contributed by atoms with E-state index in [1.807, 2.05) is 0 Å². The molecule has 86 valence electrons. The van der Waals surface area contributed by atoms with Crippen LogP contribution in [0, 0.1) is 11.8 Å². The predicted octanol–water partition coefficient (Wildman–Crippen LogP) is 5.12. The van der Waals surface area contributed by atoms with E-state index in [0.717, 1.165) is 11.8 Å². The summed E-state index contributed by atoms with van der Waals surface area (Å²) in [5, 5.41) is 0. The Balaban J connectivity index is 2.90. The third kappa shape index (κ3) is 3.52. The molecule has 1 aliphatic rings. The van der Waals surface area contributed by atoms with Crippen LogP contribution in [-0.2, 0) is 0 Å². The third-order valence-electron chi connectivity index (χ3n) is 3.60. The van der Waals surface area contributed by atoms with Crippen molar-refractivity contribution in [3.8, 4) is 0 Å². The van der Waals surface area contributed by atoms with Crippen LogP contribution >= 0.6 is 0 Å². The summed E-state index contributed by atoms with van der Waals surface area (Å²) in [6.07, 6.45) is 7.78. The molecule has 1 saturated carbocycles. The average Bonchev–Trinajstić information content (AvgIpc) is 2.19. The van der Waals surface area contributed by atoms with E-state index in [0.29, 0.717) is 0 Å². The molecular formula is C15H26. The molecule has 0 bridgehead atoms. The Morgan fingerprint density at radius 1 is 1.27 bits per heavy atom. The second-order valence-corrected chi connectivity index (χ2v) is 5.40. The van der Waals surface area contributed by atoms with Crippen molar-refractivity contribution in [3.05, 3.63) is 22.8 Å². The third-order valence-corrected chi connectivity index (χ3v) is 3.60. The fourth-order valence-corrected chi connectivity index (χ4v) is 2.57. The first-order chi connectivity index (χ1) is 7.04. The summed E-state index contributed by atoms with van der Waals surface area (Å²) in [4.78, 5) is 0. The van der Waals surface area contributed by atoms with Gasteiger partial charge in [0.1, 0.15) is 0 Å². The molecule has 0 radical (unpaired) electrons. The van der Waals surface area contributed by atoms with Gasteiger partial charge in [-0.25, -0.2) is 0 Å². The van der Waals surface area contributed by atoms with Crippen LogP contribution < -0.4 is 0 Å². The first-order valence-electron chi connectivity index (χ1n) is 6.38. The van der Waals surface area contributed by atoms with E-state index in [1.54, 1.807) is 11.1 Å². The molecule has 1 rings (SSSR count).